The fourth-order valence-corrected chi connectivity index (χ4v) is 2.68. The summed E-state index contributed by atoms with van der Waals surface area (Å²) in [5.41, 5.74) is 6.15. The van der Waals surface area contributed by atoms with Crippen molar-refractivity contribution in [3.8, 4) is 28.5 Å². The molecule has 150 valence electrons. The Bertz CT molecular complexity index is 1030. The van der Waals surface area contributed by atoms with Crippen molar-refractivity contribution in [2.24, 2.45) is 5.10 Å². The highest BCUT2D eigenvalue weighted by atomic mass is 16.5. The van der Waals surface area contributed by atoms with Crippen molar-refractivity contribution >= 4 is 12.1 Å². The van der Waals surface area contributed by atoms with Gasteiger partial charge in [0.15, 0.2) is 11.5 Å². The largest absolute Gasteiger partial charge is 0.496 e. The zero-order chi connectivity index (χ0) is 20.8. The predicted molar refractivity (Wildman–Crippen MR) is 110 cm³/mol. The minimum atomic E-state index is -0.411. The van der Waals surface area contributed by atoms with Crippen LogP contribution in [0.1, 0.15) is 21.6 Å². The van der Waals surface area contributed by atoms with Gasteiger partial charge in [-0.1, -0.05) is 29.8 Å². The van der Waals surface area contributed by atoms with Crippen molar-refractivity contribution in [3.63, 3.8) is 0 Å². The lowest BCUT2D eigenvalue weighted by atomic mass is 10.1. The van der Waals surface area contributed by atoms with Gasteiger partial charge in [0, 0.05) is 17.2 Å². The second-order valence-corrected chi connectivity index (χ2v) is 6.18. The second kappa shape index (κ2) is 8.92. The lowest BCUT2D eigenvalue weighted by Crippen LogP contribution is -2.18. The summed E-state index contributed by atoms with van der Waals surface area (Å²) in [5, 5.41) is 10.9. The standard InChI is InChI=1S/C21H22N4O4/c1-13-5-7-14(8-6-13)16-10-17(24-23-16)21(26)25-22-12-15-9-19(28-3)20(29-4)11-18(15)27-2/h5-12H,1-4H3,(H,23,24)(H,25,26). The summed E-state index contributed by atoms with van der Waals surface area (Å²) < 4.78 is 15.9. The van der Waals surface area contributed by atoms with E-state index in [0.29, 0.717) is 34.2 Å². The summed E-state index contributed by atoms with van der Waals surface area (Å²) in [7, 11) is 4.62. The lowest BCUT2D eigenvalue weighted by molar-refractivity contribution is 0.0950. The number of ether oxygens (including phenoxy) is 3. The molecule has 0 aliphatic rings. The lowest BCUT2D eigenvalue weighted by Gasteiger charge is -2.11. The molecular weight excluding hydrogens is 372 g/mol. The third-order valence-electron chi connectivity index (χ3n) is 4.28. The van der Waals surface area contributed by atoms with Crippen LogP contribution in [0.15, 0.2) is 47.6 Å². The molecule has 0 aliphatic carbocycles. The van der Waals surface area contributed by atoms with Gasteiger partial charge in [-0.25, -0.2) is 5.43 Å². The average molecular weight is 394 g/mol. The Kier molecular flexibility index (Phi) is 6.13. The number of carbonyl (C=O) groups is 1. The summed E-state index contributed by atoms with van der Waals surface area (Å²) in [6, 6.07) is 13.0. The molecule has 8 heteroatoms. The van der Waals surface area contributed by atoms with Gasteiger partial charge in [-0.05, 0) is 19.1 Å². The third kappa shape index (κ3) is 4.55. The van der Waals surface area contributed by atoms with Gasteiger partial charge >= 0.3 is 0 Å². The van der Waals surface area contributed by atoms with Crippen LogP contribution in [0.2, 0.25) is 0 Å². The monoisotopic (exact) mass is 394 g/mol. The summed E-state index contributed by atoms with van der Waals surface area (Å²) in [6.07, 6.45) is 1.47. The molecule has 1 amide bonds. The molecule has 3 rings (SSSR count). The van der Waals surface area contributed by atoms with E-state index in [1.807, 2.05) is 31.2 Å². The van der Waals surface area contributed by atoms with Gasteiger partial charge in [0.05, 0.1) is 33.2 Å². The van der Waals surface area contributed by atoms with Crippen molar-refractivity contribution < 1.29 is 19.0 Å². The number of amides is 1. The number of carbonyl (C=O) groups excluding carboxylic acids is 1. The smallest absolute Gasteiger partial charge is 0.289 e. The molecule has 0 unspecified atom stereocenters. The van der Waals surface area contributed by atoms with Gasteiger partial charge in [-0.15, -0.1) is 0 Å². The number of methoxy groups -OCH3 is 3. The molecule has 2 N–H and O–H groups in total. The molecule has 0 fully saturated rings. The first-order valence-corrected chi connectivity index (χ1v) is 8.81. The normalized spacial score (nSPS) is 10.8. The van der Waals surface area contributed by atoms with Gasteiger partial charge < -0.3 is 14.2 Å². The van der Waals surface area contributed by atoms with E-state index in [1.165, 1.54) is 20.4 Å². The van der Waals surface area contributed by atoms with E-state index in [9.17, 15) is 4.79 Å². The zero-order valence-corrected chi connectivity index (χ0v) is 16.6. The maximum absolute atomic E-state index is 12.3. The SMILES string of the molecule is COc1cc(OC)c(OC)cc1C=NNC(=O)c1cc(-c2ccc(C)cc2)n[nH]1. The molecule has 0 bridgehead atoms. The fraction of sp³-hybridized carbons (Fsp3) is 0.190. The molecule has 0 radical (unpaired) electrons. The molecule has 0 saturated carbocycles. The van der Waals surface area contributed by atoms with Crippen LogP contribution in [0.4, 0.5) is 0 Å². The maximum atomic E-state index is 12.3. The minimum Gasteiger partial charge on any atom is -0.496 e. The number of nitrogens with zero attached hydrogens (tertiary/aromatic N) is 2. The van der Waals surface area contributed by atoms with Crippen LogP contribution in [0.5, 0.6) is 17.2 Å². The summed E-state index contributed by atoms with van der Waals surface area (Å²) in [4.78, 5) is 12.3. The van der Waals surface area contributed by atoms with Crippen LogP contribution < -0.4 is 19.6 Å². The van der Waals surface area contributed by atoms with Crippen molar-refractivity contribution in [2.75, 3.05) is 21.3 Å². The average Bonchev–Trinajstić information content (AvgIpc) is 3.24. The first-order chi connectivity index (χ1) is 14.0. The molecule has 3 aromatic rings. The second-order valence-electron chi connectivity index (χ2n) is 6.18. The predicted octanol–water partition coefficient (Wildman–Crippen LogP) is 3.17. The van der Waals surface area contributed by atoms with E-state index in [1.54, 1.807) is 25.3 Å². The summed E-state index contributed by atoms with van der Waals surface area (Å²) in [6.45, 7) is 2.01. The van der Waals surface area contributed by atoms with Crippen LogP contribution in [0.25, 0.3) is 11.3 Å². The first-order valence-electron chi connectivity index (χ1n) is 8.81. The molecule has 0 spiro atoms. The molecule has 8 nitrogen and oxygen atoms in total. The van der Waals surface area contributed by atoms with Crippen LogP contribution in [-0.2, 0) is 0 Å². The van der Waals surface area contributed by atoms with E-state index in [0.717, 1.165) is 11.1 Å². The number of aryl methyl sites for hydroxylation is 1. The number of hydrogen-bond acceptors (Lipinski definition) is 6. The summed E-state index contributed by atoms with van der Waals surface area (Å²) in [5.74, 6) is 1.18. The number of hydrogen-bond donors (Lipinski definition) is 2. The number of aromatic nitrogens is 2. The molecule has 1 heterocycles. The minimum absolute atomic E-state index is 0.303. The topological polar surface area (TPSA) is 97.8 Å². The Hall–Kier alpha value is -3.81. The number of benzene rings is 2. The van der Waals surface area contributed by atoms with Crippen LogP contribution in [0.3, 0.4) is 0 Å². The number of nitrogens with one attached hydrogen (secondary N) is 2. The highest BCUT2D eigenvalue weighted by Gasteiger charge is 2.12. The molecule has 0 aliphatic heterocycles. The molecular formula is C21H22N4O4. The zero-order valence-electron chi connectivity index (χ0n) is 16.6. The Morgan fingerprint density at radius 3 is 2.31 bits per heavy atom. The highest BCUT2D eigenvalue weighted by molar-refractivity contribution is 5.94. The maximum Gasteiger partial charge on any atom is 0.289 e. The molecule has 29 heavy (non-hydrogen) atoms. The van der Waals surface area contributed by atoms with E-state index in [-0.39, 0.29) is 0 Å². The summed E-state index contributed by atoms with van der Waals surface area (Å²) >= 11 is 0. The Labute approximate surface area is 168 Å². The molecule has 1 aromatic heterocycles. The van der Waals surface area contributed by atoms with Crippen molar-refractivity contribution in [1.29, 1.82) is 0 Å². The van der Waals surface area contributed by atoms with E-state index in [2.05, 4.69) is 20.7 Å². The van der Waals surface area contributed by atoms with Crippen LogP contribution in [0, 0.1) is 6.92 Å². The number of hydrazone groups is 1. The molecule has 0 atom stereocenters. The molecule has 0 saturated heterocycles. The van der Waals surface area contributed by atoms with E-state index in [4.69, 9.17) is 14.2 Å². The van der Waals surface area contributed by atoms with Crippen molar-refractivity contribution in [1.82, 2.24) is 15.6 Å². The Morgan fingerprint density at radius 2 is 1.66 bits per heavy atom. The van der Waals surface area contributed by atoms with Gasteiger partial charge in [0.1, 0.15) is 11.4 Å². The fourth-order valence-electron chi connectivity index (χ4n) is 2.68. The number of rotatable bonds is 7. The third-order valence-corrected chi connectivity index (χ3v) is 4.28. The first kappa shape index (κ1) is 19.9. The molecule has 2 aromatic carbocycles. The van der Waals surface area contributed by atoms with Gasteiger partial charge in [0.2, 0.25) is 0 Å². The Morgan fingerprint density at radius 1 is 1.00 bits per heavy atom. The quantitative estimate of drug-likeness (QED) is 0.474. The van der Waals surface area contributed by atoms with E-state index >= 15 is 0 Å². The van der Waals surface area contributed by atoms with Crippen molar-refractivity contribution in [3.05, 3.63) is 59.3 Å². The van der Waals surface area contributed by atoms with Gasteiger partial charge in [-0.3, -0.25) is 9.89 Å². The van der Waals surface area contributed by atoms with Crippen LogP contribution in [-0.4, -0.2) is 43.6 Å². The van der Waals surface area contributed by atoms with Crippen molar-refractivity contribution in [2.45, 2.75) is 6.92 Å². The van der Waals surface area contributed by atoms with Gasteiger partial charge in [-0.2, -0.15) is 10.2 Å². The Balaban J connectivity index is 1.72. The van der Waals surface area contributed by atoms with Crippen LogP contribution >= 0.6 is 0 Å². The van der Waals surface area contributed by atoms with Gasteiger partial charge in [0.25, 0.3) is 5.91 Å². The highest BCUT2D eigenvalue weighted by Crippen LogP contribution is 2.33. The number of aromatic amines is 1. The number of H-pyrrole nitrogens is 1. The van der Waals surface area contributed by atoms with E-state index < -0.39 is 5.91 Å².